The van der Waals surface area contributed by atoms with Gasteiger partial charge in [-0.05, 0) is 48.9 Å². The van der Waals surface area contributed by atoms with Crippen molar-refractivity contribution in [1.82, 2.24) is 4.90 Å². The first-order chi connectivity index (χ1) is 17.2. The molecular formula is C27H29NO5S3. The van der Waals surface area contributed by atoms with E-state index in [0.717, 1.165) is 27.4 Å². The molecule has 1 aliphatic heterocycles. The summed E-state index contributed by atoms with van der Waals surface area (Å²) in [5.74, 6) is 0.0464. The lowest BCUT2D eigenvalue weighted by atomic mass is 9.83. The first-order valence-electron chi connectivity index (χ1n) is 11.5. The second-order valence-electron chi connectivity index (χ2n) is 8.57. The van der Waals surface area contributed by atoms with E-state index < -0.39 is 22.1 Å². The molecule has 0 N–H and O–H groups in total. The second kappa shape index (κ2) is 11.7. The quantitative estimate of drug-likeness (QED) is 0.141. The topological polar surface area (TPSA) is 72.9 Å². The van der Waals surface area contributed by atoms with Gasteiger partial charge in [0.15, 0.2) is 0 Å². The molecule has 3 aromatic rings. The Morgan fingerprint density at radius 1 is 0.889 bits per heavy atom. The van der Waals surface area contributed by atoms with Crippen LogP contribution in [0.2, 0.25) is 0 Å². The molecule has 6 nitrogen and oxygen atoms in total. The van der Waals surface area contributed by atoms with E-state index in [-0.39, 0.29) is 16.5 Å². The van der Waals surface area contributed by atoms with Crippen LogP contribution in [-0.2, 0) is 25.6 Å². The molecule has 1 aliphatic rings. The third-order valence-corrected chi connectivity index (χ3v) is 9.25. The maximum atomic E-state index is 13.4. The number of carbonyl (C=O) groups excluding carboxylic acids is 1. The van der Waals surface area contributed by atoms with Crippen molar-refractivity contribution in [2.24, 2.45) is 5.92 Å². The number of nitrogens with zero attached hydrogens (tertiary/aromatic N) is 1. The summed E-state index contributed by atoms with van der Waals surface area (Å²) < 4.78 is 34.3. The smallest absolute Gasteiger partial charge is 0.264 e. The number of β-lactam (4-membered cyclic amide) rings is 1. The Labute approximate surface area is 221 Å². The molecule has 0 bridgehead atoms. The summed E-state index contributed by atoms with van der Waals surface area (Å²) in [6.45, 7) is 2.08. The fourth-order valence-corrected chi connectivity index (χ4v) is 7.87. The van der Waals surface area contributed by atoms with E-state index in [1.54, 1.807) is 37.6 Å². The van der Waals surface area contributed by atoms with Crippen molar-refractivity contribution in [3.63, 3.8) is 0 Å². The van der Waals surface area contributed by atoms with Crippen LogP contribution in [0.1, 0.15) is 12.5 Å². The van der Waals surface area contributed by atoms with Gasteiger partial charge in [0.05, 0.1) is 36.0 Å². The van der Waals surface area contributed by atoms with E-state index in [0.29, 0.717) is 6.54 Å². The summed E-state index contributed by atoms with van der Waals surface area (Å²) in [6.07, 6.45) is 0.242. The van der Waals surface area contributed by atoms with Crippen molar-refractivity contribution < 1.29 is 22.1 Å². The fraction of sp³-hybridized carbons (Fsp3) is 0.296. The van der Waals surface area contributed by atoms with Crippen LogP contribution in [0.5, 0.6) is 5.75 Å². The Morgan fingerprint density at radius 2 is 1.42 bits per heavy atom. The van der Waals surface area contributed by atoms with Crippen LogP contribution in [0.4, 0.5) is 0 Å². The lowest BCUT2D eigenvalue weighted by Gasteiger charge is -2.51. The van der Waals surface area contributed by atoms with Crippen LogP contribution in [0, 0.1) is 5.92 Å². The molecule has 1 saturated heterocycles. The van der Waals surface area contributed by atoms with E-state index >= 15 is 0 Å². The predicted octanol–water partition coefficient (Wildman–Crippen LogP) is 5.30. The summed E-state index contributed by atoms with van der Waals surface area (Å²) in [7, 11) is -2.10. The number of amides is 1. The number of methoxy groups -OCH3 is 1. The van der Waals surface area contributed by atoms with Gasteiger partial charge < -0.3 is 9.64 Å². The molecule has 0 aromatic heterocycles. The number of hydrogen-bond donors (Lipinski definition) is 0. The Hall–Kier alpha value is -2.46. The molecule has 0 radical (unpaired) electrons. The molecule has 3 aromatic carbocycles. The van der Waals surface area contributed by atoms with Gasteiger partial charge in [0.1, 0.15) is 5.75 Å². The zero-order valence-electron chi connectivity index (χ0n) is 20.3. The van der Waals surface area contributed by atoms with Gasteiger partial charge in [0.2, 0.25) is 5.91 Å². The number of thioether (sulfide) groups is 2. The largest absolute Gasteiger partial charge is 0.497 e. The third-order valence-electron chi connectivity index (χ3n) is 5.91. The van der Waals surface area contributed by atoms with Crippen molar-refractivity contribution in [1.29, 1.82) is 0 Å². The number of ether oxygens (including phenoxy) is 1. The maximum Gasteiger partial charge on any atom is 0.264 e. The van der Waals surface area contributed by atoms with Crippen molar-refractivity contribution in [2.75, 3.05) is 13.4 Å². The van der Waals surface area contributed by atoms with Crippen molar-refractivity contribution in [3.8, 4) is 5.75 Å². The SMILES string of the molecule is COc1ccc(CN2C(=O)[C@H]([C@@H](C)OS(C)(=O)=O)[C@H]2C(Sc2ccccc2)Sc2ccccc2)cc1. The lowest BCUT2D eigenvalue weighted by molar-refractivity contribution is -0.162. The number of rotatable bonds is 11. The monoisotopic (exact) mass is 543 g/mol. The van der Waals surface area contributed by atoms with Gasteiger partial charge in [-0.15, -0.1) is 23.5 Å². The van der Waals surface area contributed by atoms with Gasteiger partial charge in [-0.3, -0.25) is 8.98 Å². The minimum Gasteiger partial charge on any atom is -0.497 e. The predicted molar refractivity (Wildman–Crippen MR) is 145 cm³/mol. The Balaban J connectivity index is 1.68. The highest BCUT2D eigenvalue weighted by Gasteiger charge is 2.54. The second-order valence-corrected chi connectivity index (χ2v) is 12.9. The molecular weight excluding hydrogens is 515 g/mol. The molecule has 1 amide bonds. The number of hydrogen-bond acceptors (Lipinski definition) is 7. The third kappa shape index (κ3) is 6.64. The molecule has 1 heterocycles. The van der Waals surface area contributed by atoms with Crippen LogP contribution in [0.3, 0.4) is 0 Å². The van der Waals surface area contributed by atoms with Gasteiger partial charge in [-0.1, -0.05) is 48.5 Å². The zero-order valence-corrected chi connectivity index (χ0v) is 22.8. The summed E-state index contributed by atoms with van der Waals surface area (Å²) in [5, 5.41) is 0. The zero-order chi connectivity index (χ0) is 25.7. The van der Waals surface area contributed by atoms with Gasteiger partial charge in [0, 0.05) is 16.3 Å². The molecule has 36 heavy (non-hydrogen) atoms. The van der Waals surface area contributed by atoms with Gasteiger partial charge >= 0.3 is 0 Å². The van der Waals surface area contributed by atoms with Crippen LogP contribution in [0.15, 0.2) is 94.7 Å². The molecule has 9 heteroatoms. The van der Waals surface area contributed by atoms with Crippen molar-refractivity contribution >= 4 is 39.5 Å². The van der Waals surface area contributed by atoms with Crippen LogP contribution in [0.25, 0.3) is 0 Å². The minimum absolute atomic E-state index is 0.0960. The van der Waals surface area contributed by atoms with E-state index in [9.17, 15) is 13.2 Å². The summed E-state index contributed by atoms with van der Waals surface area (Å²) in [6, 6.07) is 27.4. The van der Waals surface area contributed by atoms with E-state index in [4.69, 9.17) is 8.92 Å². The van der Waals surface area contributed by atoms with Crippen LogP contribution in [-0.4, -0.2) is 49.3 Å². The first-order valence-corrected chi connectivity index (χ1v) is 15.1. The van der Waals surface area contributed by atoms with Gasteiger partial charge in [-0.2, -0.15) is 8.42 Å². The normalized spacial score (nSPS) is 18.7. The highest BCUT2D eigenvalue weighted by atomic mass is 32.2. The maximum absolute atomic E-state index is 13.4. The Morgan fingerprint density at radius 3 is 1.89 bits per heavy atom. The van der Waals surface area contributed by atoms with Gasteiger partial charge in [-0.25, -0.2) is 0 Å². The average Bonchev–Trinajstić information content (AvgIpc) is 2.85. The van der Waals surface area contributed by atoms with Crippen LogP contribution < -0.4 is 4.74 Å². The highest BCUT2D eigenvalue weighted by Crippen LogP contribution is 2.47. The summed E-state index contributed by atoms with van der Waals surface area (Å²) in [5.41, 5.74) is 0.970. The molecule has 1 fully saturated rings. The molecule has 0 saturated carbocycles. The van der Waals surface area contributed by atoms with E-state index in [1.807, 2.05) is 89.8 Å². The Kier molecular flexibility index (Phi) is 8.66. The lowest BCUT2D eigenvalue weighted by Crippen LogP contribution is -2.67. The molecule has 0 spiro atoms. The molecule has 0 unspecified atom stereocenters. The summed E-state index contributed by atoms with van der Waals surface area (Å²) in [4.78, 5) is 17.4. The fourth-order valence-electron chi connectivity index (χ4n) is 4.27. The molecule has 3 atom stereocenters. The molecule has 4 rings (SSSR count). The average molecular weight is 544 g/mol. The first kappa shape index (κ1) is 26.6. The number of likely N-dealkylation sites (tertiary alicyclic amines) is 1. The van der Waals surface area contributed by atoms with Crippen molar-refractivity contribution in [3.05, 3.63) is 90.5 Å². The number of benzene rings is 3. The Bertz CT molecular complexity index is 1210. The summed E-state index contributed by atoms with van der Waals surface area (Å²) >= 11 is 3.35. The highest BCUT2D eigenvalue weighted by molar-refractivity contribution is 8.17. The molecule has 190 valence electrons. The van der Waals surface area contributed by atoms with Crippen LogP contribution >= 0.6 is 23.5 Å². The van der Waals surface area contributed by atoms with E-state index in [1.165, 1.54) is 0 Å². The standard InChI is InChI=1S/C27H29NO5S3/c1-19(33-36(3,30)31)24-25(28(26(24)29)18-20-14-16-21(32-2)17-15-20)27(34-22-10-6-4-7-11-22)35-23-12-8-5-9-13-23/h4-17,19,24-25,27H,18H2,1-3H3/t19-,24-,25+/m1/s1. The van der Waals surface area contributed by atoms with Crippen molar-refractivity contribution in [2.45, 2.75) is 40.0 Å². The molecule has 0 aliphatic carbocycles. The van der Waals surface area contributed by atoms with E-state index in [2.05, 4.69) is 0 Å². The van der Waals surface area contributed by atoms with Gasteiger partial charge in [0.25, 0.3) is 10.1 Å². The minimum atomic E-state index is -3.72. The number of carbonyl (C=O) groups is 1.